The number of hydrogen-bond donors (Lipinski definition) is 4. The first-order valence-electron chi connectivity index (χ1n) is 9.06. The maximum Gasteiger partial charge on any atom is 0.225 e. The molecular formula is C18H25N9O. The average Bonchev–Trinajstić information content (AvgIpc) is 2.70. The molecule has 0 radical (unpaired) electrons. The van der Waals surface area contributed by atoms with Crippen LogP contribution in [0.2, 0.25) is 0 Å². The lowest BCUT2D eigenvalue weighted by Crippen LogP contribution is -2.20. The first kappa shape index (κ1) is 19.6. The van der Waals surface area contributed by atoms with Gasteiger partial charge < -0.3 is 21.1 Å². The van der Waals surface area contributed by atoms with E-state index < -0.39 is 5.60 Å². The van der Waals surface area contributed by atoms with Gasteiger partial charge in [-0.05, 0) is 32.8 Å². The molecule has 4 N–H and O–H groups in total. The van der Waals surface area contributed by atoms with E-state index in [1.807, 2.05) is 0 Å². The number of aryl methyl sites for hydroxylation is 1. The van der Waals surface area contributed by atoms with Gasteiger partial charge in [0.05, 0.1) is 17.8 Å². The maximum atomic E-state index is 10.1. The highest BCUT2D eigenvalue weighted by molar-refractivity contribution is 5.88. The minimum atomic E-state index is -0.804. The van der Waals surface area contributed by atoms with Crippen molar-refractivity contribution in [3.05, 3.63) is 30.0 Å². The molecule has 0 aromatic carbocycles. The molecule has 0 fully saturated rings. The fraction of sp³-hybridized carbons (Fsp3) is 0.444. The van der Waals surface area contributed by atoms with Crippen LogP contribution in [0.1, 0.15) is 31.8 Å². The Balaban J connectivity index is 2.04. The number of aromatic nitrogens is 6. The number of nitrogens with one attached hydrogen (secondary N) is 3. The molecule has 148 valence electrons. The lowest BCUT2D eigenvalue weighted by atomic mass is 10.0. The lowest BCUT2D eigenvalue weighted by molar-refractivity contribution is 0.0712. The summed E-state index contributed by atoms with van der Waals surface area (Å²) in [6.45, 7) is 3.94. The van der Waals surface area contributed by atoms with Gasteiger partial charge in [-0.2, -0.15) is 4.98 Å². The molecule has 0 amide bonds. The van der Waals surface area contributed by atoms with Crippen LogP contribution in [-0.2, 0) is 13.0 Å². The van der Waals surface area contributed by atoms with Crippen LogP contribution in [0, 0.1) is 0 Å². The summed E-state index contributed by atoms with van der Waals surface area (Å²) in [4.78, 5) is 26.6. The molecule has 0 saturated carbocycles. The number of nitrogens with zero attached hydrogens (tertiary/aromatic N) is 6. The Hall–Kier alpha value is -3.14. The van der Waals surface area contributed by atoms with Crippen molar-refractivity contribution in [2.45, 2.75) is 38.8 Å². The van der Waals surface area contributed by atoms with Crippen molar-refractivity contribution in [2.24, 2.45) is 0 Å². The third-order valence-electron chi connectivity index (χ3n) is 4.07. The topological polar surface area (TPSA) is 134 Å². The number of aliphatic hydroxyl groups is 1. The standard InChI is InChI=1S/C18H25N9O/c1-18(2,28)7-6-11-13-14(26-16(19-3)24-11)15(27-17(20-4)25-13)23-10-12-21-8-5-9-22-12/h5,8-9,28H,6-7,10H2,1-4H3,(H,19,24,26)(H2,20,23,25,27). The molecule has 10 nitrogen and oxygen atoms in total. The highest BCUT2D eigenvalue weighted by Crippen LogP contribution is 2.26. The van der Waals surface area contributed by atoms with Crippen molar-refractivity contribution in [1.29, 1.82) is 0 Å². The van der Waals surface area contributed by atoms with Crippen molar-refractivity contribution in [3.63, 3.8) is 0 Å². The molecule has 0 aliphatic carbocycles. The van der Waals surface area contributed by atoms with Gasteiger partial charge in [0.2, 0.25) is 11.9 Å². The van der Waals surface area contributed by atoms with E-state index in [0.29, 0.717) is 54.0 Å². The van der Waals surface area contributed by atoms with Gasteiger partial charge in [0.25, 0.3) is 0 Å². The second-order valence-corrected chi connectivity index (χ2v) is 6.92. The van der Waals surface area contributed by atoms with Crippen LogP contribution in [0.4, 0.5) is 17.7 Å². The van der Waals surface area contributed by atoms with E-state index in [1.165, 1.54) is 0 Å². The zero-order chi connectivity index (χ0) is 20.1. The zero-order valence-corrected chi connectivity index (χ0v) is 16.5. The first-order chi connectivity index (χ1) is 13.4. The fourth-order valence-electron chi connectivity index (χ4n) is 2.60. The van der Waals surface area contributed by atoms with Crippen molar-refractivity contribution in [3.8, 4) is 0 Å². The predicted octanol–water partition coefficient (Wildman–Crippen LogP) is 1.61. The quantitative estimate of drug-likeness (QED) is 0.454. The molecule has 0 saturated heterocycles. The van der Waals surface area contributed by atoms with Gasteiger partial charge in [-0.3, -0.25) is 0 Å². The third-order valence-corrected chi connectivity index (χ3v) is 4.07. The zero-order valence-electron chi connectivity index (χ0n) is 16.5. The van der Waals surface area contributed by atoms with E-state index in [9.17, 15) is 5.11 Å². The van der Waals surface area contributed by atoms with Gasteiger partial charge in [0.1, 0.15) is 16.9 Å². The van der Waals surface area contributed by atoms with E-state index in [4.69, 9.17) is 0 Å². The molecule has 0 unspecified atom stereocenters. The SMILES string of the molecule is CNc1nc(NCc2ncccn2)c2nc(NC)nc(CCC(C)(C)O)c2n1. The fourth-order valence-corrected chi connectivity index (χ4v) is 2.60. The van der Waals surface area contributed by atoms with Crippen LogP contribution >= 0.6 is 0 Å². The lowest BCUT2D eigenvalue weighted by Gasteiger charge is -2.18. The van der Waals surface area contributed by atoms with Gasteiger partial charge in [0.15, 0.2) is 5.82 Å². The molecule has 0 aliphatic heterocycles. The molecule has 3 aromatic rings. The normalized spacial score (nSPS) is 11.5. The Kier molecular flexibility index (Phi) is 5.78. The van der Waals surface area contributed by atoms with Gasteiger partial charge in [-0.15, -0.1) is 0 Å². The highest BCUT2D eigenvalue weighted by Gasteiger charge is 2.19. The highest BCUT2D eigenvalue weighted by atomic mass is 16.3. The Labute approximate surface area is 163 Å². The van der Waals surface area contributed by atoms with Crippen LogP contribution in [0.5, 0.6) is 0 Å². The number of rotatable bonds is 8. The Morgan fingerprint density at radius 1 is 0.929 bits per heavy atom. The summed E-state index contributed by atoms with van der Waals surface area (Å²) in [5.74, 6) is 2.13. The number of hydrogen-bond acceptors (Lipinski definition) is 10. The van der Waals surface area contributed by atoms with Crippen LogP contribution in [-0.4, -0.2) is 54.7 Å². The second-order valence-electron chi connectivity index (χ2n) is 6.92. The van der Waals surface area contributed by atoms with Crippen molar-refractivity contribution >= 4 is 28.7 Å². The van der Waals surface area contributed by atoms with Gasteiger partial charge in [-0.25, -0.2) is 24.9 Å². The molecule has 0 bridgehead atoms. The van der Waals surface area contributed by atoms with Crippen LogP contribution < -0.4 is 16.0 Å². The molecule has 3 aromatic heterocycles. The summed E-state index contributed by atoms with van der Waals surface area (Å²) in [6.07, 6.45) is 4.48. The summed E-state index contributed by atoms with van der Waals surface area (Å²) in [5, 5.41) is 19.3. The van der Waals surface area contributed by atoms with Crippen molar-refractivity contribution in [2.75, 3.05) is 30.0 Å². The Morgan fingerprint density at radius 3 is 2.21 bits per heavy atom. The molecule has 3 rings (SSSR count). The average molecular weight is 383 g/mol. The first-order valence-corrected chi connectivity index (χ1v) is 9.06. The van der Waals surface area contributed by atoms with Gasteiger partial charge >= 0.3 is 0 Å². The summed E-state index contributed by atoms with van der Waals surface area (Å²) < 4.78 is 0. The van der Waals surface area contributed by atoms with Crippen LogP contribution in [0.15, 0.2) is 18.5 Å². The Morgan fingerprint density at radius 2 is 1.57 bits per heavy atom. The largest absolute Gasteiger partial charge is 0.390 e. The van der Waals surface area contributed by atoms with Crippen LogP contribution in [0.25, 0.3) is 11.0 Å². The minimum Gasteiger partial charge on any atom is -0.390 e. The molecule has 10 heteroatoms. The predicted molar refractivity (Wildman–Crippen MR) is 108 cm³/mol. The number of anilines is 3. The maximum absolute atomic E-state index is 10.1. The van der Waals surface area contributed by atoms with E-state index in [2.05, 4.69) is 45.9 Å². The molecule has 0 aliphatic rings. The number of fused-ring (bicyclic) bond motifs is 1. The van der Waals surface area contributed by atoms with Gasteiger partial charge in [0, 0.05) is 26.5 Å². The third kappa shape index (κ3) is 4.77. The smallest absolute Gasteiger partial charge is 0.225 e. The van der Waals surface area contributed by atoms with Crippen LogP contribution in [0.3, 0.4) is 0 Å². The molecule has 3 heterocycles. The summed E-state index contributed by atoms with van der Waals surface area (Å²) in [5.41, 5.74) is 1.18. The van der Waals surface area contributed by atoms with E-state index in [-0.39, 0.29) is 0 Å². The van der Waals surface area contributed by atoms with E-state index >= 15 is 0 Å². The summed E-state index contributed by atoms with van der Waals surface area (Å²) in [6, 6.07) is 1.77. The molecular weight excluding hydrogens is 358 g/mol. The van der Waals surface area contributed by atoms with E-state index in [1.54, 1.807) is 46.4 Å². The van der Waals surface area contributed by atoms with Crippen molar-refractivity contribution < 1.29 is 5.11 Å². The monoisotopic (exact) mass is 383 g/mol. The summed E-state index contributed by atoms with van der Waals surface area (Å²) >= 11 is 0. The molecule has 28 heavy (non-hydrogen) atoms. The van der Waals surface area contributed by atoms with E-state index in [0.717, 1.165) is 5.69 Å². The Bertz CT molecular complexity index is 941. The molecule has 0 spiro atoms. The van der Waals surface area contributed by atoms with Gasteiger partial charge in [-0.1, -0.05) is 0 Å². The van der Waals surface area contributed by atoms with Crippen molar-refractivity contribution in [1.82, 2.24) is 29.9 Å². The summed E-state index contributed by atoms with van der Waals surface area (Å²) in [7, 11) is 3.51. The minimum absolute atomic E-state index is 0.397. The second kappa shape index (κ2) is 8.26. The molecule has 0 atom stereocenters.